The Morgan fingerprint density at radius 2 is 1.77 bits per heavy atom. The molecule has 0 aliphatic carbocycles. The second kappa shape index (κ2) is 10.1. The van der Waals surface area contributed by atoms with Crippen LogP contribution >= 0.6 is 11.6 Å². The van der Waals surface area contributed by atoms with E-state index < -0.39 is 40.2 Å². The van der Waals surface area contributed by atoms with Gasteiger partial charge in [-0.3, -0.25) is 13.9 Å². The van der Waals surface area contributed by atoms with Crippen molar-refractivity contribution in [1.29, 1.82) is 0 Å². The average Bonchev–Trinajstić information content (AvgIpc) is 2.70. The highest BCUT2D eigenvalue weighted by atomic mass is 35.5. The molecule has 0 saturated carbocycles. The van der Waals surface area contributed by atoms with Gasteiger partial charge in [-0.05, 0) is 55.3 Å². The Hall–Kier alpha value is -2.65. The van der Waals surface area contributed by atoms with E-state index in [0.717, 1.165) is 10.6 Å². The predicted octanol–water partition coefficient (Wildman–Crippen LogP) is 2.72. The Morgan fingerprint density at radius 1 is 1.16 bits per heavy atom. The lowest BCUT2D eigenvalue weighted by atomic mass is 10.1. The quantitative estimate of drug-likeness (QED) is 0.644. The maximum Gasteiger partial charge on any atom is 0.244 e. The number of anilines is 1. The highest BCUT2D eigenvalue weighted by Crippen LogP contribution is 2.26. The molecule has 7 nitrogen and oxygen atoms in total. The molecule has 0 unspecified atom stereocenters. The van der Waals surface area contributed by atoms with Crippen molar-refractivity contribution in [3.05, 3.63) is 64.4 Å². The van der Waals surface area contributed by atoms with Gasteiger partial charge >= 0.3 is 0 Å². The standard InChI is InChI=1S/C21H25ClFN3O4S/c1-14-11-17(22)7-10-19(14)26(31(4,29)30)13-20(27)25(15(2)21(28)24-3)12-16-5-8-18(23)9-6-16/h5-11,15H,12-13H2,1-4H3,(H,24,28)/t15-/m0/s1. The van der Waals surface area contributed by atoms with Crippen LogP contribution in [0.4, 0.5) is 10.1 Å². The Bertz CT molecular complexity index is 1060. The highest BCUT2D eigenvalue weighted by Gasteiger charge is 2.30. The fourth-order valence-electron chi connectivity index (χ4n) is 3.07. The van der Waals surface area contributed by atoms with Crippen LogP contribution < -0.4 is 9.62 Å². The summed E-state index contributed by atoms with van der Waals surface area (Å²) in [6.45, 7) is 2.72. The molecule has 0 fully saturated rings. The van der Waals surface area contributed by atoms with Crippen LogP contribution in [0, 0.1) is 12.7 Å². The van der Waals surface area contributed by atoms with Gasteiger partial charge in [0, 0.05) is 18.6 Å². The lowest BCUT2D eigenvalue weighted by Crippen LogP contribution is -2.50. The van der Waals surface area contributed by atoms with Gasteiger partial charge in [-0.1, -0.05) is 23.7 Å². The molecule has 168 valence electrons. The maximum atomic E-state index is 13.3. The predicted molar refractivity (Wildman–Crippen MR) is 119 cm³/mol. The SMILES string of the molecule is CNC(=O)[C@H](C)N(Cc1ccc(F)cc1)C(=O)CN(c1ccc(Cl)cc1C)S(C)(=O)=O. The Labute approximate surface area is 186 Å². The minimum atomic E-state index is -3.82. The summed E-state index contributed by atoms with van der Waals surface area (Å²) in [5.74, 6) is -1.42. The minimum absolute atomic E-state index is 0.00486. The first-order chi connectivity index (χ1) is 14.4. The number of aryl methyl sites for hydroxylation is 1. The number of nitrogens with zero attached hydrogens (tertiary/aromatic N) is 2. The van der Waals surface area contributed by atoms with E-state index >= 15 is 0 Å². The zero-order valence-electron chi connectivity index (χ0n) is 17.7. The van der Waals surface area contributed by atoms with Crippen LogP contribution in [0.15, 0.2) is 42.5 Å². The molecule has 0 radical (unpaired) electrons. The van der Waals surface area contributed by atoms with Gasteiger partial charge in [0.15, 0.2) is 0 Å². The summed E-state index contributed by atoms with van der Waals surface area (Å²) in [7, 11) is -2.38. The van der Waals surface area contributed by atoms with E-state index in [9.17, 15) is 22.4 Å². The summed E-state index contributed by atoms with van der Waals surface area (Å²) in [5.41, 5.74) is 1.49. The van der Waals surface area contributed by atoms with Crippen LogP contribution in [-0.4, -0.2) is 51.0 Å². The molecular formula is C21H25ClFN3O4S. The van der Waals surface area contributed by atoms with Crippen molar-refractivity contribution in [2.24, 2.45) is 0 Å². The van der Waals surface area contributed by atoms with E-state index in [4.69, 9.17) is 11.6 Å². The second-order valence-electron chi connectivity index (χ2n) is 7.14. The Kier molecular flexibility index (Phi) is 8.02. The van der Waals surface area contributed by atoms with Crippen molar-refractivity contribution in [1.82, 2.24) is 10.2 Å². The molecule has 1 atom stereocenters. The molecule has 2 rings (SSSR count). The summed E-state index contributed by atoms with van der Waals surface area (Å²) in [6, 6.07) is 9.30. The van der Waals surface area contributed by atoms with E-state index in [0.29, 0.717) is 21.8 Å². The number of likely N-dealkylation sites (N-methyl/N-ethyl adjacent to an activating group) is 1. The van der Waals surface area contributed by atoms with Crippen LogP contribution in [0.1, 0.15) is 18.1 Å². The molecule has 0 aliphatic heterocycles. The van der Waals surface area contributed by atoms with E-state index in [1.54, 1.807) is 19.9 Å². The first-order valence-electron chi connectivity index (χ1n) is 9.43. The molecule has 0 bridgehead atoms. The molecule has 0 heterocycles. The molecule has 0 aromatic heterocycles. The fourth-order valence-corrected chi connectivity index (χ4v) is 4.21. The number of hydrogen-bond acceptors (Lipinski definition) is 4. The molecule has 0 aliphatic rings. The third kappa shape index (κ3) is 6.41. The molecule has 1 N–H and O–H groups in total. The molecule has 2 amide bonds. The van der Waals surface area contributed by atoms with E-state index in [2.05, 4.69) is 5.32 Å². The third-order valence-electron chi connectivity index (χ3n) is 4.79. The summed E-state index contributed by atoms with van der Waals surface area (Å²) < 4.78 is 39.2. The number of amides is 2. The number of rotatable bonds is 8. The van der Waals surface area contributed by atoms with E-state index in [1.807, 2.05) is 0 Å². The van der Waals surface area contributed by atoms with Crippen molar-refractivity contribution in [3.8, 4) is 0 Å². The molecule has 10 heteroatoms. The van der Waals surface area contributed by atoms with Gasteiger partial charge in [-0.25, -0.2) is 12.8 Å². The van der Waals surface area contributed by atoms with Crippen LogP contribution in [0.25, 0.3) is 0 Å². The van der Waals surface area contributed by atoms with Crippen molar-refractivity contribution in [3.63, 3.8) is 0 Å². The zero-order valence-corrected chi connectivity index (χ0v) is 19.3. The smallest absolute Gasteiger partial charge is 0.244 e. The summed E-state index contributed by atoms with van der Waals surface area (Å²) in [6.07, 6.45) is 1.00. The van der Waals surface area contributed by atoms with Gasteiger partial charge in [-0.15, -0.1) is 0 Å². The summed E-state index contributed by atoms with van der Waals surface area (Å²) in [5, 5.41) is 2.92. The number of nitrogens with one attached hydrogen (secondary N) is 1. The van der Waals surface area contributed by atoms with E-state index in [1.165, 1.54) is 48.3 Å². The van der Waals surface area contributed by atoms with Crippen molar-refractivity contribution in [2.75, 3.05) is 24.2 Å². The van der Waals surface area contributed by atoms with Crippen molar-refractivity contribution < 1.29 is 22.4 Å². The maximum absolute atomic E-state index is 13.3. The average molecular weight is 470 g/mol. The topological polar surface area (TPSA) is 86.8 Å². The first kappa shape index (κ1) is 24.6. The molecule has 2 aromatic carbocycles. The molecule has 31 heavy (non-hydrogen) atoms. The molecular weight excluding hydrogens is 445 g/mol. The normalized spacial score (nSPS) is 12.2. The lowest BCUT2D eigenvalue weighted by molar-refractivity contribution is -0.139. The molecule has 0 saturated heterocycles. The van der Waals surface area contributed by atoms with Gasteiger partial charge in [-0.2, -0.15) is 0 Å². The third-order valence-corrected chi connectivity index (χ3v) is 6.15. The minimum Gasteiger partial charge on any atom is -0.357 e. The number of benzene rings is 2. The highest BCUT2D eigenvalue weighted by molar-refractivity contribution is 7.92. The molecule has 0 spiro atoms. The number of carbonyl (C=O) groups excluding carboxylic acids is 2. The van der Waals surface area contributed by atoms with Crippen LogP contribution in [0.2, 0.25) is 5.02 Å². The lowest BCUT2D eigenvalue weighted by Gasteiger charge is -2.31. The van der Waals surface area contributed by atoms with Gasteiger partial charge in [0.2, 0.25) is 21.8 Å². The van der Waals surface area contributed by atoms with Crippen LogP contribution in [0.3, 0.4) is 0 Å². The largest absolute Gasteiger partial charge is 0.357 e. The van der Waals surface area contributed by atoms with Gasteiger partial charge in [0.05, 0.1) is 11.9 Å². The fraction of sp³-hybridized carbons (Fsp3) is 0.333. The Morgan fingerprint density at radius 3 is 2.29 bits per heavy atom. The van der Waals surface area contributed by atoms with Crippen molar-refractivity contribution >= 4 is 39.1 Å². The second-order valence-corrected chi connectivity index (χ2v) is 9.48. The van der Waals surface area contributed by atoms with Gasteiger partial charge < -0.3 is 10.2 Å². The zero-order chi connectivity index (χ0) is 23.3. The summed E-state index contributed by atoms with van der Waals surface area (Å²) in [4.78, 5) is 26.7. The number of hydrogen-bond donors (Lipinski definition) is 1. The monoisotopic (exact) mass is 469 g/mol. The van der Waals surface area contributed by atoms with E-state index in [-0.39, 0.29) is 6.54 Å². The number of halogens is 2. The van der Waals surface area contributed by atoms with Crippen LogP contribution in [-0.2, 0) is 26.2 Å². The van der Waals surface area contributed by atoms with Crippen LogP contribution in [0.5, 0.6) is 0 Å². The first-order valence-corrected chi connectivity index (χ1v) is 11.7. The van der Waals surface area contributed by atoms with Gasteiger partial charge in [0.25, 0.3) is 0 Å². The number of carbonyl (C=O) groups is 2. The van der Waals surface area contributed by atoms with Gasteiger partial charge in [0.1, 0.15) is 18.4 Å². The molecule has 2 aromatic rings. The Balaban J connectivity index is 2.40. The van der Waals surface area contributed by atoms with Crippen molar-refractivity contribution in [2.45, 2.75) is 26.4 Å². The number of sulfonamides is 1. The summed E-state index contributed by atoms with van der Waals surface area (Å²) >= 11 is 5.97.